The molecule has 0 aromatic heterocycles. The van der Waals surface area contributed by atoms with E-state index in [0.717, 1.165) is 24.3 Å². The summed E-state index contributed by atoms with van der Waals surface area (Å²) in [5, 5.41) is 0.189. The summed E-state index contributed by atoms with van der Waals surface area (Å²) in [6.45, 7) is 20.1. The van der Waals surface area contributed by atoms with E-state index in [2.05, 4.69) is 71.7 Å². The number of allylic oxidation sites excluding steroid dienone is 1. The summed E-state index contributed by atoms with van der Waals surface area (Å²) in [6.07, 6.45) is 4.65. The molecule has 2 nitrogen and oxygen atoms in total. The van der Waals surface area contributed by atoms with E-state index in [1.54, 1.807) is 0 Å². The highest BCUT2D eigenvalue weighted by Gasteiger charge is 2.39. The van der Waals surface area contributed by atoms with Crippen molar-refractivity contribution in [1.82, 2.24) is 0 Å². The van der Waals surface area contributed by atoms with Crippen molar-refractivity contribution < 1.29 is 8.85 Å². The topological polar surface area (TPSA) is 18.5 Å². The minimum absolute atomic E-state index is 0.189. The molecule has 25 heavy (non-hydrogen) atoms. The van der Waals surface area contributed by atoms with Crippen molar-refractivity contribution >= 4 is 17.4 Å². The van der Waals surface area contributed by atoms with Gasteiger partial charge in [-0.05, 0) is 74.5 Å². The molecule has 2 rings (SSSR count). The zero-order chi connectivity index (χ0) is 18.8. The van der Waals surface area contributed by atoms with E-state index in [-0.39, 0.29) is 5.04 Å². The maximum absolute atomic E-state index is 6.75. The third kappa shape index (κ3) is 5.24. The maximum atomic E-state index is 6.75. The molecule has 0 saturated heterocycles. The SMILES string of the molecule is C=C1CCC(c2ccc(O[SiH](C)C)cc2O[Si](C)(C)C(C)(C)C)CC1. The fraction of sp³-hybridized carbons (Fsp3) is 0.619. The fourth-order valence-corrected chi connectivity index (χ4v) is 4.77. The van der Waals surface area contributed by atoms with Crippen molar-refractivity contribution in [1.29, 1.82) is 0 Å². The Hall–Kier alpha value is -1.01. The van der Waals surface area contributed by atoms with Gasteiger partial charge in [0.1, 0.15) is 11.5 Å². The Morgan fingerprint density at radius 2 is 1.72 bits per heavy atom. The molecule has 1 aromatic carbocycles. The maximum Gasteiger partial charge on any atom is 0.250 e. The molecule has 0 amide bonds. The molecule has 140 valence electrons. The second-order valence-corrected chi connectivity index (χ2v) is 16.3. The van der Waals surface area contributed by atoms with Gasteiger partial charge in [-0.3, -0.25) is 0 Å². The van der Waals surface area contributed by atoms with E-state index in [9.17, 15) is 0 Å². The molecule has 1 fully saturated rings. The molecule has 0 unspecified atom stereocenters. The summed E-state index contributed by atoms with van der Waals surface area (Å²) in [7, 11) is -3.00. The lowest BCUT2D eigenvalue weighted by atomic mass is 9.82. The molecule has 4 heteroatoms. The molecule has 0 bridgehead atoms. The van der Waals surface area contributed by atoms with Crippen molar-refractivity contribution in [3.63, 3.8) is 0 Å². The molecule has 0 heterocycles. The predicted octanol–water partition coefficient (Wildman–Crippen LogP) is 6.65. The van der Waals surface area contributed by atoms with Gasteiger partial charge in [0.05, 0.1) is 0 Å². The van der Waals surface area contributed by atoms with E-state index in [4.69, 9.17) is 8.85 Å². The van der Waals surface area contributed by atoms with Crippen molar-refractivity contribution in [2.24, 2.45) is 0 Å². The smallest absolute Gasteiger partial charge is 0.250 e. The van der Waals surface area contributed by atoms with Crippen LogP contribution in [0, 0.1) is 0 Å². The van der Waals surface area contributed by atoms with Crippen LogP contribution >= 0.6 is 0 Å². The lowest BCUT2D eigenvalue weighted by Crippen LogP contribution is -2.44. The average Bonchev–Trinajstić information content (AvgIpc) is 2.46. The standard InChI is InChI=1S/C21H36O2Si2/c1-16-9-11-17(12-10-16)19-14-13-18(22-24(5)6)15-20(19)23-25(7,8)21(2,3)4/h13-15,17,24H,1,9-12H2,2-8H3. The summed E-state index contributed by atoms with van der Waals surface area (Å²) in [5.41, 5.74) is 2.77. The van der Waals surface area contributed by atoms with Crippen molar-refractivity contribution in [2.45, 2.75) is 83.6 Å². The predicted molar refractivity (Wildman–Crippen MR) is 114 cm³/mol. The van der Waals surface area contributed by atoms with Gasteiger partial charge in [-0.2, -0.15) is 0 Å². The highest BCUT2D eigenvalue weighted by Crippen LogP contribution is 2.44. The second kappa shape index (κ2) is 7.71. The van der Waals surface area contributed by atoms with Crippen LogP contribution in [0.1, 0.15) is 57.9 Å². The molecular weight excluding hydrogens is 340 g/mol. The lowest BCUT2D eigenvalue weighted by molar-refractivity contribution is 0.458. The minimum atomic E-state index is -1.88. The van der Waals surface area contributed by atoms with Gasteiger partial charge < -0.3 is 8.85 Å². The summed E-state index contributed by atoms with van der Waals surface area (Å²) in [5.74, 6) is 2.62. The molecular formula is C21H36O2Si2. The summed E-state index contributed by atoms with van der Waals surface area (Å²) in [4.78, 5) is 0. The van der Waals surface area contributed by atoms with Crippen molar-refractivity contribution in [3.05, 3.63) is 35.9 Å². The summed E-state index contributed by atoms with van der Waals surface area (Å²) >= 11 is 0. The summed E-state index contributed by atoms with van der Waals surface area (Å²) in [6, 6.07) is 6.56. The number of hydrogen-bond acceptors (Lipinski definition) is 2. The van der Waals surface area contributed by atoms with E-state index < -0.39 is 17.4 Å². The molecule has 1 aromatic rings. The first-order chi connectivity index (χ1) is 11.5. The van der Waals surface area contributed by atoms with Gasteiger partial charge in [0.15, 0.2) is 0 Å². The highest BCUT2D eigenvalue weighted by molar-refractivity contribution is 6.74. The molecule has 0 aliphatic heterocycles. The third-order valence-corrected chi connectivity index (χ3v) is 10.7. The molecule has 0 atom stereocenters. The minimum Gasteiger partial charge on any atom is -0.547 e. The van der Waals surface area contributed by atoms with Gasteiger partial charge in [0.2, 0.25) is 17.4 Å². The van der Waals surface area contributed by atoms with Crippen LogP contribution in [0.25, 0.3) is 0 Å². The fourth-order valence-electron chi connectivity index (χ4n) is 3.05. The van der Waals surface area contributed by atoms with Crippen LogP contribution in [0.15, 0.2) is 30.4 Å². The monoisotopic (exact) mass is 376 g/mol. The van der Waals surface area contributed by atoms with Crippen LogP contribution in [0.5, 0.6) is 11.5 Å². The zero-order valence-corrected chi connectivity index (χ0v) is 19.4. The Morgan fingerprint density at radius 1 is 1.12 bits per heavy atom. The first kappa shape index (κ1) is 20.3. The van der Waals surface area contributed by atoms with Gasteiger partial charge in [0.25, 0.3) is 0 Å². The molecule has 1 aliphatic rings. The quantitative estimate of drug-likeness (QED) is 0.423. The van der Waals surface area contributed by atoms with Gasteiger partial charge in [-0.15, -0.1) is 0 Å². The molecule has 0 spiro atoms. The lowest BCUT2D eigenvalue weighted by Gasteiger charge is -2.38. The number of hydrogen-bond donors (Lipinski definition) is 0. The van der Waals surface area contributed by atoms with Crippen LogP contribution in [-0.2, 0) is 0 Å². The van der Waals surface area contributed by atoms with Gasteiger partial charge in [0, 0.05) is 6.07 Å². The Morgan fingerprint density at radius 3 is 2.24 bits per heavy atom. The molecule has 0 N–H and O–H groups in total. The van der Waals surface area contributed by atoms with E-state index in [1.165, 1.54) is 24.0 Å². The zero-order valence-electron chi connectivity index (χ0n) is 17.2. The first-order valence-electron chi connectivity index (χ1n) is 9.66. The molecule has 1 saturated carbocycles. The first-order valence-corrected chi connectivity index (χ1v) is 15.3. The average molecular weight is 377 g/mol. The van der Waals surface area contributed by atoms with Gasteiger partial charge in [-0.25, -0.2) is 0 Å². The second-order valence-electron chi connectivity index (χ2n) is 9.25. The largest absolute Gasteiger partial charge is 0.547 e. The Bertz CT molecular complexity index is 605. The Kier molecular flexibility index (Phi) is 6.26. The van der Waals surface area contributed by atoms with E-state index in [1.807, 2.05) is 0 Å². The Balaban J connectivity index is 2.36. The van der Waals surface area contributed by atoms with Crippen LogP contribution in [-0.4, -0.2) is 17.4 Å². The molecule has 0 radical (unpaired) electrons. The van der Waals surface area contributed by atoms with Gasteiger partial charge in [-0.1, -0.05) is 39.0 Å². The number of rotatable bonds is 5. The van der Waals surface area contributed by atoms with Crippen molar-refractivity contribution in [3.8, 4) is 11.5 Å². The van der Waals surface area contributed by atoms with Gasteiger partial charge >= 0.3 is 0 Å². The van der Waals surface area contributed by atoms with Crippen LogP contribution in [0.3, 0.4) is 0 Å². The van der Waals surface area contributed by atoms with Crippen LogP contribution in [0.4, 0.5) is 0 Å². The summed E-state index contributed by atoms with van der Waals surface area (Å²) < 4.78 is 12.8. The highest BCUT2D eigenvalue weighted by atomic mass is 28.4. The molecule has 1 aliphatic carbocycles. The van der Waals surface area contributed by atoms with E-state index >= 15 is 0 Å². The third-order valence-electron chi connectivity index (χ3n) is 5.66. The normalized spacial score (nSPS) is 17.0. The number of benzene rings is 1. The Labute approximate surface area is 157 Å². The van der Waals surface area contributed by atoms with E-state index in [0.29, 0.717) is 5.92 Å². The van der Waals surface area contributed by atoms with Crippen molar-refractivity contribution in [2.75, 3.05) is 0 Å². The van der Waals surface area contributed by atoms with Crippen LogP contribution in [0.2, 0.25) is 31.2 Å². The van der Waals surface area contributed by atoms with Crippen LogP contribution < -0.4 is 8.85 Å².